The number of carbonyl (C=O) groups is 1. The molecule has 76 valence electrons. The molecule has 0 aliphatic rings. The van der Waals surface area contributed by atoms with Crippen molar-refractivity contribution in [1.82, 2.24) is 15.0 Å². The highest BCUT2D eigenvalue weighted by molar-refractivity contribution is 6.30. The number of rotatable bonds is 2. The lowest BCUT2D eigenvalue weighted by atomic mass is 10.3. The first-order valence-corrected chi connectivity index (χ1v) is 4.53. The average molecular weight is 223 g/mol. The van der Waals surface area contributed by atoms with E-state index in [1.807, 2.05) is 0 Å². The van der Waals surface area contributed by atoms with Crippen LogP contribution in [0.1, 0.15) is 10.5 Å². The second kappa shape index (κ2) is 3.70. The van der Waals surface area contributed by atoms with E-state index in [9.17, 15) is 4.79 Å². The summed E-state index contributed by atoms with van der Waals surface area (Å²) in [6.07, 6.45) is 1.45. The largest absolute Gasteiger partial charge is 0.364 e. The van der Waals surface area contributed by atoms with E-state index in [1.165, 1.54) is 10.9 Å². The van der Waals surface area contributed by atoms with E-state index in [4.69, 9.17) is 17.3 Å². The van der Waals surface area contributed by atoms with Gasteiger partial charge in [-0.25, -0.2) is 4.68 Å². The Morgan fingerprint density at radius 2 is 2.27 bits per heavy atom. The summed E-state index contributed by atoms with van der Waals surface area (Å²) in [5, 5.41) is 7.96. The number of hydrogen-bond acceptors (Lipinski definition) is 3. The van der Waals surface area contributed by atoms with Gasteiger partial charge >= 0.3 is 0 Å². The fraction of sp³-hybridized carbons (Fsp3) is 0. The van der Waals surface area contributed by atoms with E-state index in [0.29, 0.717) is 5.02 Å². The van der Waals surface area contributed by atoms with Crippen molar-refractivity contribution < 1.29 is 4.79 Å². The van der Waals surface area contributed by atoms with Crippen molar-refractivity contribution in [2.45, 2.75) is 0 Å². The Kier molecular flexibility index (Phi) is 2.39. The van der Waals surface area contributed by atoms with E-state index in [-0.39, 0.29) is 5.69 Å². The van der Waals surface area contributed by atoms with Crippen molar-refractivity contribution in [1.29, 1.82) is 0 Å². The SMILES string of the molecule is NC(=O)c1cn(-c2cccc(Cl)c2)nn1. The first-order valence-electron chi connectivity index (χ1n) is 4.15. The Bertz CT molecular complexity index is 508. The minimum atomic E-state index is -0.608. The molecule has 1 heterocycles. The van der Waals surface area contributed by atoms with Crippen LogP contribution in [0.3, 0.4) is 0 Å². The minimum absolute atomic E-state index is 0.120. The summed E-state index contributed by atoms with van der Waals surface area (Å²) in [5.74, 6) is -0.608. The number of benzene rings is 1. The fourth-order valence-electron chi connectivity index (χ4n) is 1.12. The van der Waals surface area contributed by atoms with Gasteiger partial charge in [0, 0.05) is 5.02 Å². The van der Waals surface area contributed by atoms with Gasteiger partial charge in [-0.15, -0.1) is 5.10 Å². The topological polar surface area (TPSA) is 73.8 Å². The molecule has 6 heteroatoms. The molecule has 15 heavy (non-hydrogen) atoms. The molecule has 1 amide bonds. The van der Waals surface area contributed by atoms with E-state index in [2.05, 4.69) is 10.3 Å². The Labute approximate surface area is 90.5 Å². The summed E-state index contributed by atoms with van der Waals surface area (Å²) in [6, 6.07) is 7.03. The number of aromatic nitrogens is 3. The van der Waals surface area contributed by atoms with Gasteiger partial charge in [0.2, 0.25) is 0 Å². The van der Waals surface area contributed by atoms with Gasteiger partial charge in [-0.2, -0.15) is 0 Å². The molecule has 2 N–H and O–H groups in total. The van der Waals surface area contributed by atoms with E-state index in [0.717, 1.165) is 5.69 Å². The maximum absolute atomic E-state index is 10.8. The number of primary amides is 1. The van der Waals surface area contributed by atoms with Crippen LogP contribution in [0.25, 0.3) is 5.69 Å². The van der Waals surface area contributed by atoms with Crippen LogP contribution in [0.2, 0.25) is 5.02 Å². The summed E-state index contributed by atoms with van der Waals surface area (Å²) in [7, 11) is 0. The van der Waals surface area contributed by atoms with Gasteiger partial charge in [0.25, 0.3) is 5.91 Å². The van der Waals surface area contributed by atoms with E-state index < -0.39 is 5.91 Å². The zero-order chi connectivity index (χ0) is 10.8. The summed E-state index contributed by atoms with van der Waals surface area (Å²) < 4.78 is 1.44. The van der Waals surface area contributed by atoms with Crippen LogP contribution in [-0.4, -0.2) is 20.9 Å². The van der Waals surface area contributed by atoms with Crippen molar-refractivity contribution in [2.75, 3.05) is 0 Å². The zero-order valence-corrected chi connectivity index (χ0v) is 8.35. The molecular formula is C9H7ClN4O. The quantitative estimate of drug-likeness (QED) is 0.825. The highest BCUT2D eigenvalue weighted by atomic mass is 35.5. The highest BCUT2D eigenvalue weighted by Crippen LogP contribution is 2.13. The van der Waals surface area contributed by atoms with Gasteiger partial charge in [0.05, 0.1) is 11.9 Å². The Morgan fingerprint density at radius 3 is 2.87 bits per heavy atom. The molecule has 2 rings (SSSR count). The van der Waals surface area contributed by atoms with Crippen LogP contribution in [0.4, 0.5) is 0 Å². The van der Waals surface area contributed by atoms with Crippen LogP contribution in [0.5, 0.6) is 0 Å². The third-order valence-corrected chi connectivity index (χ3v) is 2.05. The molecule has 2 aromatic rings. The number of hydrogen-bond donors (Lipinski definition) is 1. The predicted octanol–water partition coefficient (Wildman–Crippen LogP) is 1.02. The van der Waals surface area contributed by atoms with Crippen LogP contribution in [0, 0.1) is 0 Å². The van der Waals surface area contributed by atoms with Gasteiger partial charge in [-0.05, 0) is 18.2 Å². The minimum Gasteiger partial charge on any atom is -0.364 e. The normalized spacial score (nSPS) is 10.2. The number of halogens is 1. The fourth-order valence-corrected chi connectivity index (χ4v) is 1.31. The van der Waals surface area contributed by atoms with Gasteiger partial charge < -0.3 is 5.73 Å². The summed E-state index contributed by atoms with van der Waals surface area (Å²) in [6.45, 7) is 0. The molecule has 1 aromatic carbocycles. The molecule has 0 saturated carbocycles. The average Bonchev–Trinajstić information content (AvgIpc) is 2.66. The second-order valence-electron chi connectivity index (χ2n) is 2.89. The van der Waals surface area contributed by atoms with E-state index in [1.54, 1.807) is 24.3 Å². The molecule has 0 fully saturated rings. The molecule has 0 aliphatic heterocycles. The molecule has 0 saturated heterocycles. The number of nitrogens with zero attached hydrogens (tertiary/aromatic N) is 3. The smallest absolute Gasteiger partial charge is 0.270 e. The third-order valence-electron chi connectivity index (χ3n) is 1.82. The Hall–Kier alpha value is -1.88. The predicted molar refractivity (Wildman–Crippen MR) is 54.9 cm³/mol. The van der Waals surface area contributed by atoms with Crippen molar-refractivity contribution in [3.8, 4) is 5.69 Å². The Morgan fingerprint density at radius 1 is 1.47 bits per heavy atom. The second-order valence-corrected chi connectivity index (χ2v) is 3.33. The summed E-state index contributed by atoms with van der Waals surface area (Å²) in [4.78, 5) is 10.8. The molecule has 0 radical (unpaired) electrons. The number of carbonyl (C=O) groups excluding carboxylic acids is 1. The molecule has 5 nitrogen and oxygen atoms in total. The molecular weight excluding hydrogens is 216 g/mol. The summed E-state index contributed by atoms with van der Waals surface area (Å²) >= 11 is 5.81. The monoisotopic (exact) mass is 222 g/mol. The lowest BCUT2D eigenvalue weighted by Crippen LogP contribution is -2.11. The van der Waals surface area contributed by atoms with Gasteiger partial charge in [0.15, 0.2) is 5.69 Å². The highest BCUT2D eigenvalue weighted by Gasteiger charge is 2.07. The van der Waals surface area contributed by atoms with Gasteiger partial charge in [-0.1, -0.05) is 22.9 Å². The van der Waals surface area contributed by atoms with Gasteiger partial charge in [-0.3, -0.25) is 4.79 Å². The molecule has 0 spiro atoms. The first-order chi connectivity index (χ1) is 7.16. The number of amides is 1. The molecule has 0 bridgehead atoms. The standard InChI is InChI=1S/C9H7ClN4O/c10-6-2-1-3-7(4-6)14-5-8(9(11)15)12-13-14/h1-5H,(H2,11,15). The summed E-state index contributed by atoms with van der Waals surface area (Å²) in [5.41, 5.74) is 5.90. The van der Waals surface area contributed by atoms with Crippen LogP contribution in [0.15, 0.2) is 30.5 Å². The molecule has 0 aliphatic carbocycles. The van der Waals surface area contributed by atoms with Crippen LogP contribution in [-0.2, 0) is 0 Å². The van der Waals surface area contributed by atoms with Crippen molar-refractivity contribution in [3.63, 3.8) is 0 Å². The van der Waals surface area contributed by atoms with Gasteiger partial charge in [0.1, 0.15) is 0 Å². The first kappa shape index (κ1) is 9.67. The Balaban J connectivity index is 2.41. The maximum atomic E-state index is 10.8. The molecule has 0 unspecified atom stereocenters. The lowest BCUT2D eigenvalue weighted by Gasteiger charge is -1.98. The zero-order valence-electron chi connectivity index (χ0n) is 7.59. The third kappa shape index (κ3) is 1.97. The van der Waals surface area contributed by atoms with E-state index >= 15 is 0 Å². The maximum Gasteiger partial charge on any atom is 0.270 e. The molecule has 0 atom stereocenters. The van der Waals surface area contributed by atoms with Crippen molar-refractivity contribution in [3.05, 3.63) is 41.2 Å². The van der Waals surface area contributed by atoms with Crippen LogP contribution >= 0.6 is 11.6 Å². The van der Waals surface area contributed by atoms with Crippen molar-refractivity contribution in [2.24, 2.45) is 5.73 Å². The molecule has 1 aromatic heterocycles. The van der Waals surface area contributed by atoms with Crippen molar-refractivity contribution >= 4 is 17.5 Å². The lowest BCUT2D eigenvalue weighted by molar-refractivity contribution is 0.0995. The van der Waals surface area contributed by atoms with Crippen LogP contribution < -0.4 is 5.73 Å². The number of nitrogens with two attached hydrogens (primary N) is 1.